The molecule has 4 nitrogen and oxygen atoms in total. The van der Waals surface area contributed by atoms with Crippen molar-refractivity contribution in [3.05, 3.63) is 16.3 Å². The van der Waals surface area contributed by atoms with Crippen LogP contribution >= 0.6 is 23.1 Å². The Kier molecular flexibility index (Phi) is 4.14. The molecule has 0 amide bonds. The van der Waals surface area contributed by atoms with E-state index >= 15 is 0 Å². The predicted octanol–water partition coefficient (Wildman–Crippen LogP) is 2.83. The summed E-state index contributed by atoms with van der Waals surface area (Å²) in [6.45, 7) is 7.29. The van der Waals surface area contributed by atoms with Gasteiger partial charge in [0.05, 0.1) is 11.9 Å². The van der Waals surface area contributed by atoms with E-state index in [1.807, 2.05) is 11.8 Å². The standard InChI is InChI=1S/C14H20N4S2/c1-9-10(2)20-14-12(9)13(15)16-11(17-14)8-18-4-3-6-19-7-5-18/h3-8H2,1-2H3,(H2,15,16,17). The van der Waals surface area contributed by atoms with Gasteiger partial charge in [-0.15, -0.1) is 11.3 Å². The molecule has 0 bridgehead atoms. The number of aryl methyl sites for hydroxylation is 2. The van der Waals surface area contributed by atoms with Crippen molar-refractivity contribution in [2.45, 2.75) is 26.8 Å². The molecule has 2 aromatic rings. The molecule has 108 valence electrons. The maximum absolute atomic E-state index is 6.14. The van der Waals surface area contributed by atoms with E-state index in [9.17, 15) is 0 Å². The fraction of sp³-hybridized carbons (Fsp3) is 0.571. The van der Waals surface area contributed by atoms with Gasteiger partial charge in [-0.3, -0.25) is 4.90 Å². The average Bonchev–Trinajstić information content (AvgIpc) is 2.59. The normalized spacial score (nSPS) is 17.5. The molecule has 0 spiro atoms. The number of thioether (sulfide) groups is 1. The first-order valence-corrected chi connectivity index (χ1v) is 8.94. The van der Waals surface area contributed by atoms with Gasteiger partial charge in [-0.05, 0) is 38.1 Å². The number of hydrogen-bond acceptors (Lipinski definition) is 6. The fourth-order valence-corrected chi connectivity index (χ4v) is 4.53. The number of rotatable bonds is 2. The van der Waals surface area contributed by atoms with Crippen molar-refractivity contribution in [3.63, 3.8) is 0 Å². The van der Waals surface area contributed by atoms with Crippen LogP contribution in [0.3, 0.4) is 0 Å². The summed E-state index contributed by atoms with van der Waals surface area (Å²) in [5.74, 6) is 3.97. The van der Waals surface area contributed by atoms with Crippen LogP contribution < -0.4 is 5.73 Å². The van der Waals surface area contributed by atoms with Crippen LogP contribution in [-0.4, -0.2) is 39.5 Å². The molecule has 2 N–H and O–H groups in total. The van der Waals surface area contributed by atoms with Gasteiger partial charge in [-0.1, -0.05) is 0 Å². The maximum atomic E-state index is 6.14. The monoisotopic (exact) mass is 308 g/mol. The summed E-state index contributed by atoms with van der Waals surface area (Å²) in [7, 11) is 0. The van der Waals surface area contributed by atoms with Gasteiger partial charge in [0.15, 0.2) is 0 Å². The largest absolute Gasteiger partial charge is 0.383 e. The summed E-state index contributed by atoms with van der Waals surface area (Å²) in [5, 5.41) is 1.04. The highest BCUT2D eigenvalue weighted by Crippen LogP contribution is 2.32. The summed E-state index contributed by atoms with van der Waals surface area (Å²) in [6.07, 6.45) is 1.25. The molecule has 1 aliphatic heterocycles. The molecule has 1 saturated heterocycles. The lowest BCUT2D eigenvalue weighted by Gasteiger charge is -2.18. The second-order valence-corrected chi connectivity index (χ2v) is 7.66. The highest BCUT2D eigenvalue weighted by molar-refractivity contribution is 7.99. The number of nitrogens with zero attached hydrogens (tertiary/aromatic N) is 3. The summed E-state index contributed by atoms with van der Waals surface area (Å²) < 4.78 is 0. The Morgan fingerprint density at radius 1 is 1.20 bits per heavy atom. The molecule has 3 heterocycles. The zero-order valence-corrected chi connectivity index (χ0v) is 13.6. The van der Waals surface area contributed by atoms with E-state index in [0.717, 1.165) is 35.7 Å². The second kappa shape index (κ2) is 5.87. The van der Waals surface area contributed by atoms with Gasteiger partial charge in [0, 0.05) is 17.2 Å². The van der Waals surface area contributed by atoms with Crippen molar-refractivity contribution in [2.24, 2.45) is 0 Å². The minimum Gasteiger partial charge on any atom is -0.383 e. The predicted molar refractivity (Wildman–Crippen MR) is 88.5 cm³/mol. The number of hydrogen-bond donors (Lipinski definition) is 1. The molecular weight excluding hydrogens is 288 g/mol. The Hall–Kier alpha value is -0.850. The first-order valence-electron chi connectivity index (χ1n) is 6.97. The Morgan fingerprint density at radius 2 is 2.05 bits per heavy atom. The molecular formula is C14H20N4S2. The van der Waals surface area contributed by atoms with Crippen LogP contribution in [0.2, 0.25) is 0 Å². The topological polar surface area (TPSA) is 55.0 Å². The Morgan fingerprint density at radius 3 is 2.90 bits per heavy atom. The summed E-state index contributed by atoms with van der Waals surface area (Å²) >= 11 is 3.76. The highest BCUT2D eigenvalue weighted by Gasteiger charge is 2.15. The van der Waals surface area contributed by atoms with Gasteiger partial charge >= 0.3 is 0 Å². The molecule has 20 heavy (non-hydrogen) atoms. The molecule has 6 heteroatoms. The number of nitrogen functional groups attached to an aromatic ring is 1. The lowest BCUT2D eigenvalue weighted by molar-refractivity contribution is 0.281. The Bertz CT molecular complexity index is 615. The van der Waals surface area contributed by atoms with E-state index in [-0.39, 0.29) is 0 Å². The number of anilines is 1. The molecule has 0 saturated carbocycles. The van der Waals surface area contributed by atoms with Gasteiger partial charge in [-0.2, -0.15) is 11.8 Å². The molecule has 0 atom stereocenters. The number of fused-ring (bicyclic) bond motifs is 1. The van der Waals surface area contributed by atoms with Gasteiger partial charge < -0.3 is 5.73 Å². The summed E-state index contributed by atoms with van der Waals surface area (Å²) in [5.41, 5.74) is 7.36. The Labute approximate surface area is 127 Å². The quantitative estimate of drug-likeness (QED) is 0.924. The molecule has 3 rings (SSSR count). The van der Waals surface area contributed by atoms with Gasteiger partial charge in [0.2, 0.25) is 0 Å². The van der Waals surface area contributed by atoms with Gasteiger partial charge in [0.25, 0.3) is 0 Å². The molecule has 0 aliphatic carbocycles. The van der Waals surface area contributed by atoms with Crippen LogP contribution in [0.1, 0.15) is 22.7 Å². The molecule has 1 fully saturated rings. The van der Waals surface area contributed by atoms with Gasteiger partial charge in [-0.25, -0.2) is 9.97 Å². The lowest BCUT2D eigenvalue weighted by atomic mass is 10.2. The van der Waals surface area contributed by atoms with Crippen LogP contribution in [0.25, 0.3) is 10.2 Å². The van der Waals surface area contributed by atoms with Crippen molar-refractivity contribution >= 4 is 39.1 Å². The highest BCUT2D eigenvalue weighted by atomic mass is 32.2. The zero-order valence-electron chi connectivity index (χ0n) is 12.0. The van der Waals surface area contributed by atoms with Crippen molar-refractivity contribution < 1.29 is 0 Å². The van der Waals surface area contributed by atoms with Crippen LogP contribution in [0.15, 0.2) is 0 Å². The van der Waals surface area contributed by atoms with E-state index in [1.54, 1.807) is 11.3 Å². The van der Waals surface area contributed by atoms with Crippen LogP contribution in [0, 0.1) is 13.8 Å². The smallest absolute Gasteiger partial charge is 0.146 e. The Balaban J connectivity index is 1.88. The second-order valence-electron chi connectivity index (χ2n) is 5.23. The van der Waals surface area contributed by atoms with E-state index in [2.05, 4.69) is 23.7 Å². The summed E-state index contributed by atoms with van der Waals surface area (Å²) in [6, 6.07) is 0. The van der Waals surface area contributed by atoms with Crippen LogP contribution in [0.5, 0.6) is 0 Å². The molecule has 0 aromatic carbocycles. The first kappa shape index (κ1) is 14.1. The minimum absolute atomic E-state index is 0.635. The van der Waals surface area contributed by atoms with Crippen LogP contribution in [-0.2, 0) is 6.54 Å². The minimum atomic E-state index is 0.635. The van der Waals surface area contributed by atoms with Crippen molar-refractivity contribution in [3.8, 4) is 0 Å². The van der Waals surface area contributed by atoms with Gasteiger partial charge in [0.1, 0.15) is 16.5 Å². The molecule has 2 aromatic heterocycles. The number of aromatic nitrogens is 2. The summed E-state index contributed by atoms with van der Waals surface area (Å²) in [4.78, 5) is 14.0. The van der Waals surface area contributed by atoms with E-state index in [1.165, 1.54) is 28.4 Å². The lowest BCUT2D eigenvalue weighted by Crippen LogP contribution is -2.26. The van der Waals surface area contributed by atoms with Crippen molar-refractivity contribution in [1.29, 1.82) is 0 Å². The first-order chi connectivity index (χ1) is 9.65. The molecule has 0 unspecified atom stereocenters. The number of thiophene rings is 1. The van der Waals surface area contributed by atoms with Crippen LogP contribution in [0.4, 0.5) is 5.82 Å². The molecule has 0 radical (unpaired) electrons. The van der Waals surface area contributed by atoms with E-state index in [0.29, 0.717) is 5.82 Å². The third-order valence-corrected chi connectivity index (χ3v) is 5.93. The van der Waals surface area contributed by atoms with E-state index < -0.39 is 0 Å². The van der Waals surface area contributed by atoms with E-state index in [4.69, 9.17) is 10.7 Å². The third-order valence-electron chi connectivity index (χ3n) is 3.78. The average molecular weight is 308 g/mol. The molecule has 1 aliphatic rings. The number of nitrogens with two attached hydrogens (primary N) is 1. The van der Waals surface area contributed by atoms with Crippen molar-refractivity contribution in [2.75, 3.05) is 30.3 Å². The zero-order chi connectivity index (χ0) is 14.1. The SMILES string of the molecule is Cc1sc2nc(CN3CCCSCC3)nc(N)c2c1C. The third kappa shape index (κ3) is 2.77. The fourth-order valence-electron chi connectivity index (χ4n) is 2.55. The maximum Gasteiger partial charge on any atom is 0.146 e. The van der Waals surface area contributed by atoms with Crippen molar-refractivity contribution in [1.82, 2.24) is 14.9 Å².